The van der Waals surface area contributed by atoms with Gasteiger partial charge in [0, 0.05) is 6.66 Å². The van der Waals surface area contributed by atoms with E-state index in [2.05, 4.69) is 5.32 Å². The Kier molecular flexibility index (Phi) is 5.58. The minimum Gasteiger partial charge on any atom is -0.445 e. The van der Waals surface area contributed by atoms with Crippen LogP contribution in [0.4, 0.5) is 4.79 Å². The molecule has 1 rings (SSSR count). The van der Waals surface area contributed by atoms with Crippen LogP contribution in [0, 0.1) is 5.92 Å². The Morgan fingerprint density at radius 3 is 2.42 bits per heavy atom. The van der Waals surface area contributed by atoms with Gasteiger partial charge in [0.15, 0.2) is 0 Å². The zero-order valence-electron chi connectivity index (χ0n) is 11.4. The van der Waals surface area contributed by atoms with Crippen molar-refractivity contribution in [2.24, 2.45) is 5.92 Å². The lowest BCUT2D eigenvalue weighted by atomic mass is 10.2. The molecule has 0 saturated carbocycles. The number of alkyl carbamates (subject to hydrolysis) is 1. The second-order valence-corrected chi connectivity index (χ2v) is 7.28. The lowest BCUT2D eigenvalue weighted by molar-refractivity contribution is 0.136. The SMILES string of the molecule is CC(C)C(NC(=O)OCc1ccccc1)P(C)(=O)O. The van der Waals surface area contributed by atoms with E-state index in [1.807, 2.05) is 30.3 Å². The van der Waals surface area contributed by atoms with E-state index in [0.717, 1.165) is 5.56 Å². The summed E-state index contributed by atoms with van der Waals surface area (Å²) in [6.45, 7) is 4.91. The smallest absolute Gasteiger partial charge is 0.408 e. The fraction of sp³-hybridized carbons (Fsp3) is 0.462. The summed E-state index contributed by atoms with van der Waals surface area (Å²) < 4.78 is 16.7. The number of carbonyl (C=O) groups is 1. The van der Waals surface area contributed by atoms with Gasteiger partial charge < -0.3 is 14.9 Å². The fourth-order valence-corrected chi connectivity index (χ4v) is 3.18. The molecule has 0 fully saturated rings. The number of amides is 1. The minimum absolute atomic E-state index is 0.136. The first kappa shape index (κ1) is 15.7. The molecule has 1 aromatic rings. The molecule has 6 heteroatoms. The zero-order valence-corrected chi connectivity index (χ0v) is 12.3. The largest absolute Gasteiger partial charge is 0.445 e. The van der Waals surface area contributed by atoms with E-state index in [-0.39, 0.29) is 12.5 Å². The fourth-order valence-electron chi connectivity index (χ4n) is 1.73. The van der Waals surface area contributed by atoms with Crippen molar-refractivity contribution in [2.75, 3.05) is 6.66 Å². The topological polar surface area (TPSA) is 75.6 Å². The molecule has 19 heavy (non-hydrogen) atoms. The van der Waals surface area contributed by atoms with Gasteiger partial charge in [0.25, 0.3) is 0 Å². The number of hydrogen-bond donors (Lipinski definition) is 2. The van der Waals surface area contributed by atoms with Crippen LogP contribution < -0.4 is 5.32 Å². The molecule has 0 spiro atoms. The van der Waals surface area contributed by atoms with Crippen molar-refractivity contribution in [3.63, 3.8) is 0 Å². The maximum atomic E-state index is 11.7. The van der Waals surface area contributed by atoms with Gasteiger partial charge in [-0.2, -0.15) is 0 Å². The van der Waals surface area contributed by atoms with Crippen LogP contribution in [0.2, 0.25) is 0 Å². The highest BCUT2D eigenvalue weighted by molar-refractivity contribution is 7.57. The van der Waals surface area contributed by atoms with E-state index >= 15 is 0 Å². The summed E-state index contributed by atoms with van der Waals surface area (Å²) in [6.07, 6.45) is -0.682. The lowest BCUT2D eigenvalue weighted by Crippen LogP contribution is -2.38. The molecule has 0 aliphatic carbocycles. The Balaban J connectivity index is 2.52. The number of hydrogen-bond acceptors (Lipinski definition) is 3. The zero-order chi connectivity index (χ0) is 14.5. The summed E-state index contributed by atoms with van der Waals surface area (Å²) in [6, 6.07) is 9.24. The summed E-state index contributed by atoms with van der Waals surface area (Å²) in [4.78, 5) is 21.2. The van der Waals surface area contributed by atoms with Crippen LogP contribution in [0.25, 0.3) is 0 Å². The average Bonchev–Trinajstić information content (AvgIpc) is 2.33. The maximum absolute atomic E-state index is 11.7. The van der Waals surface area contributed by atoms with Gasteiger partial charge in [0.05, 0.1) is 0 Å². The molecule has 0 heterocycles. The van der Waals surface area contributed by atoms with Crippen LogP contribution in [0.1, 0.15) is 19.4 Å². The summed E-state index contributed by atoms with van der Waals surface area (Å²) in [5.41, 5.74) is 0.863. The molecule has 2 N–H and O–H groups in total. The van der Waals surface area contributed by atoms with Crippen molar-refractivity contribution in [2.45, 2.75) is 26.2 Å². The number of benzene rings is 1. The molecule has 1 amide bonds. The van der Waals surface area contributed by atoms with Crippen molar-refractivity contribution < 1.29 is 19.0 Å². The van der Waals surface area contributed by atoms with Gasteiger partial charge in [0.2, 0.25) is 7.37 Å². The van der Waals surface area contributed by atoms with Crippen LogP contribution in [-0.4, -0.2) is 23.4 Å². The highest BCUT2D eigenvalue weighted by Crippen LogP contribution is 2.43. The Morgan fingerprint density at radius 1 is 1.37 bits per heavy atom. The van der Waals surface area contributed by atoms with E-state index in [4.69, 9.17) is 4.74 Å². The standard InChI is InChI=1S/C13H20NO4P/c1-10(2)12(19(3,16)17)14-13(15)18-9-11-7-5-4-6-8-11/h4-8,10,12H,9H2,1-3H3,(H,14,15)(H,16,17). The third-order valence-corrected chi connectivity index (χ3v) is 4.38. The highest BCUT2D eigenvalue weighted by Gasteiger charge is 2.30. The predicted molar refractivity (Wildman–Crippen MR) is 74.1 cm³/mol. The molecule has 0 aliphatic heterocycles. The van der Waals surface area contributed by atoms with Gasteiger partial charge in [-0.1, -0.05) is 44.2 Å². The monoisotopic (exact) mass is 285 g/mol. The number of carbonyl (C=O) groups excluding carboxylic acids is 1. The van der Waals surface area contributed by atoms with Gasteiger partial charge >= 0.3 is 6.09 Å². The van der Waals surface area contributed by atoms with Crippen LogP contribution in [0.15, 0.2) is 30.3 Å². The van der Waals surface area contributed by atoms with Crippen LogP contribution >= 0.6 is 7.37 Å². The van der Waals surface area contributed by atoms with E-state index < -0.39 is 19.2 Å². The minimum atomic E-state index is -3.39. The van der Waals surface area contributed by atoms with Crippen molar-refractivity contribution in [1.82, 2.24) is 5.32 Å². The third-order valence-electron chi connectivity index (χ3n) is 2.63. The van der Waals surface area contributed by atoms with Gasteiger partial charge in [-0.3, -0.25) is 4.57 Å². The first-order valence-electron chi connectivity index (χ1n) is 6.08. The van der Waals surface area contributed by atoms with Crippen LogP contribution in [0.5, 0.6) is 0 Å². The maximum Gasteiger partial charge on any atom is 0.408 e. The first-order valence-corrected chi connectivity index (χ1v) is 8.25. The molecular weight excluding hydrogens is 265 g/mol. The highest BCUT2D eigenvalue weighted by atomic mass is 31.2. The summed E-state index contributed by atoms with van der Waals surface area (Å²) in [7, 11) is -3.39. The molecule has 1 aromatic carbocycles. The quantitative estimate of drug-likeness (QED) is 0.816. The second-order valence-electron chi connectivity index (χ2n) is 4.84. The molecule has 0 aliphatic rings. The third kappa shape index (κ3) is 5.45. The Bertz CT molecular complexity index is 455. The van der Waals surface area contributed by atoms with Crippen molar-refractivity contribution >= 4 is 13.5 Å². The van der Waals surface area contributed by atoms with Gasteiger partial charge in [-0.25, -0.2) is 4.79 Å². The molecule has 106 valence electrons. The molecule has 0 radical (unpaired) electrons. The summed E-state index contributed by atoms with van der Waals surface area (Å²) in [5.74, 6) is -0.944. The van der Waals surface area contributed by atoms with Crippen LogP contribution in [-0.2, 0) is 15.9 Å². The molecule has 2 unspecified atom stereocenters. The Labute approximate surface area is 113 Å². The molecule has 5 nitrogen and oxygen atoms in total. The molecule has 0 aromatic heterocycles. The van der Waals surface area contributed by atoms with Gasteiger partial charge in [0.1, 0.15) is 12.4 Å². The number of ether oxygens (including phenoxy) is 1. The van der Waals surface area contributed by atoms with Crippen LogP contribution in [0.3, 0.4) is 0 Å². The number of rotatable bonds is 5. The van der Waals surface area contributed by atoms with E-state index in [9.17, 15) is 14.3 Å². The molecule has 0 saturated heterocycles. The summed E-state index contributed by atoms with van der Waals surface area (Å²) in [5, 5.41) is 2.45. The van der Waals surface area contributed by atoms with Gasteiger partial charge in [-0.05, 0) is 11.5 Å². The Morgan fingerprint density at radius 2 is 1.95 bits per heavy atom. The second kappa shape index (κ2) is 6.73. The van der Waals surface area contributed by atoms with Crippen molar-refractivity contribution in [3.8, 4) is 0 Å². The average molecular weight is 285 g/mol. The summed E-state index contributed by atoms with van der Waals surface area (Å²) >= 11 is 0. The van der Waals surface area contributed by atoms with E-state index in [0.29, 0.717) is 0 Å². The molecule has 2 atom stereocenters. The Hall–Kier alpha value is -1.32. The molecule has 0 bridgehead atoms. The van der Waals surface area contributed by atoms with Gasteiger partial charge in [-0.15, -0.1) is 0 Å². The lowest BCUT2D eigenvalue weighted by Gasteiger charge is -2.24. The van der Waals surface area contributed by atoms with Crippen molar-refractivity contribution in [1.29, 1.82) is 0 Å². The first-order chi connectivity index (χ1) is 8.80. The number of nitrogens with one attached hydrogen (secondary N) is 1. The van der Waals surface area contributed by atoms with Crippen molar-refractivity contribution in [3.05, 3.63) is 35.9 Å². The predicted octanol–water partition coefficient (Wildman–Crippen LogP) is 2.80. The normalized spacial score (nSPS) is 15.6. The molecular formula is C13H20NO4P. The van der Waals surface area contributed by atoms with E-state index in [1.165, 1.54) is 6.66 Å². The van der Waals surface area contributed by atoms with E-state index in [1.54, 1.807) is 13.8 Å².